The first kappa shape index (κ1) is 26.6. The Kier molecular flexibility index (Phi) is 10.1. The number of sulfonamides is 1. The van der Waals surface area contributed by atoms with Crippen molar-refractivity contribution in [2.75, 3.05) is 13.2 Å². The third-order valence-corrected chi connectivity index (χ3v) is 6.54. The van der Waals surface area contributed by atoms with Crippen molar-refractivity contribution in [3.05, 3.63) is 64.7 Å². The lowest BCUT2D eigenvalue weighted by molar-refractivity contribution is 0.0944. The van der Waals surface area contributed by atoms with Crippen molar-refractivity contribution >= 4 is 33.6 Å². The molecule has 0 spiro atoms. The molecule has 2 amide bonds. The molecule has 2 aromatic rings. The van der Waals surface area contributed by atoms with E-state index >= 15 is 0 Å². The largest absolute Gasteiger partial charge is 0.450 e. The van der Waals surface area contributed by atoms with Gasteiger partial charge in [-0.3, -0.25) is 4.79 Å². The third-order valence-electron chi connectivity index (χ3n) is 4.65. The summed E-state index contributed by atoms with van der Waals surface area (Å²) in [5.41, 5.74) is 0.926. The van der Waals surface area contributed by atoms with Crippen LogP contribution in [0.1, 0.15) is 43.1 Å². The summed E-state index contributed by atoms with van der Waals surface area (Å²) in [5.74, 6) is -0.206. The molecule has 33 heavy (non-hydrogen) atoms. The molecule has 0 aromatic heterocycles. The molecular formula is C23H30ClN3O5S. The van der Waals surface area contributed by atoms with E-state index in [1.54, 1.807) is 19.1 Å². The van der Waals surface area contributed by atoms with E-state index in [1.807, 2.05) is 32.0 Å². The molecule has 0 aliphatic rings. The van der Waals surface area contributed by atoms with E-state index in [0.29, 0.717) is 6.42 Å². The molecule has 180 valence electrons. The van der Waals surface area contributed by atoms with Crippen LogP contribution >= 0.6 is 11.6 Å². The minimum atomic E-state index is -3.95. The molecule has 8 nitrogen and oxygen atoms in total. The van der Waals surface area contributed by atoms with Crippen molar-refractivity contribution in [2.45, 2.75) is 44.7 Å². The number of rotatable bonds is 11. The van der Waals surface area contributed by atoms with E-state index < -0.39 is 22.0 Å². The summed E-state index contributed by atoms with van der Waals surface area (Å²) in [5, 5.41) is 5.48. The first-order valence-corrected chi connectivity index (χ1v) is 12.5. The highest BCUT2D eigenvalue weighted by Gasteiger charge is 2.21. The number of carbonyl (C=O) groups is 2. The minimum Gasteiger partial charge on any atom is -0.450 e. The Bertz CT molecular complexity index is 1050. The molecule has 0 radical (unpaired) electrons. The number of nitrogens with one attached hydrogen (secondary N) is 3. The van der Waals surface area contributed by atoms with Gasteiger partial charge in [0.2, 0.25) is 10.0 Å². The molecule has 2 aromatic carbocycles. The summed E-state index contributed by atoms with van der Waals surface area (Å²) in [4.78, 5) is 24.3. The highest BCUT2D eigenvalue weighted by molar-refractivity contribution is 7.89. The lowest BCUT2D eigenvalue weighted by Crippen LogP contribution is -2.44. The van der Waals surface area contributed by atoms with Crippen molar-refractivity contribution in [3.63, 3.8) is 0 Å². The van der Waals surface area contributed by atoms with Gasteiger partial charge in [0.1, 0.15) is 4.90 Å². The van der Waals surface area contributed by atoms with Crippen molar-refractivity contribution in [1.29, 1.82) is 0 Å². The standard InChI is InChI=1S/C23H30ClN3O5S/c1-4-32-23(29)27-19(12-16(2)3)15-25-22(28)18-10-11-20(24)21(13-18)33(30,31)26-14-17-8-6-5-7-9-17/h5-11,13,16,19,26H,4,12,14-15H2,1-3H3,(H,25,28)(H,27,29). The quantitative estimate of drug-likeness (QED) is 0.439. The molecule has 0 saturated carbocycles. The molecule has 1 unspecified atom stereocenters. The normalized spacial score (nSPS) is 12.3. The number of hydrogen-bond acceptors (Lipinski definition) is 5. The molecule has 3 N–H and O–H groups in total. The molecule has 0 aliphatic carbocycles. The molecule has 10 heteroatoms. The first-order valence-electron chi connectivity index (χ1n) is 10.7. The lowest BCUT2D eigenvalue weighted by Gasteiger charge is -2.21. The lowest BCUT2D eigenvalue weighted by atomic mass is 10.0. The van der Waals surface area contributed by atoms with Crippen molar-refractivity contribution in [3.8, 4) is 0 Å². The fourth-order valence-corrected chi connectivity index (χ4v) is 4.66. The van der Waals surface area contributed by atoms with Gasteiger partial charge in [0.15, 0.2) is 0 Å². The van der Waals surface area contributed by atoms with Gasteiger partial charge in [-0.05, 0) is 43.0 Å². The van der Waals surface area contributed by atoms with Crippen LogP contribution in [-0.2, 0) is 21.3 Å². The Morgan fingerprint density at radius 3 is 2.42 bits per heavy atom. The predicted octanol–water partition coefficient (Wildman–Crippen LogP) is 3.71. The van der Waals surface area contributed by atoms with Gasteiger partial charge in [-0.2, -0.15) is 0 Å². The average Bonchev–Trinajstić information content (AvgIpc) is 2.76. The zero-order chi connectivity index (χ0) is 24.4. The smallest absolute Gasteiger partial charge is 0.407 e. The number of alkyl carbamates (subject to hydrolysis) is 1. The van der Waals surface area contributed by atoms with Crippen molar-refractivity contribution in [2.24, 2.45) is 5.92 Å². The number of benzene rings is 2. The molecule has 1 atom stereocenters. The zero-order valence-corrected chi connectivity index (χ0v) is 20.5. The number of amides is 2. The fraction of sp³-hybridized carbons (Fsp3) is 0.391. The maximum atomic E-state index is 12.8. The number of ether oxygens (including phenoxy) is 1. The second kappa shape index (κ2) is 12.6. The van der Waals surface area contributed by atoms with E-state index in [2.05, 4.69) is 15.4 Å². The molecule has 0 saturated heterocycles. The highest BCUT2D eigenvalue weighted by atomic mass is 35.5. The Hall–Kier alpha value is -2.62. The summed E-state index contributed by atoms with van der Waals surface area (Å²) in [6.07, 6.45) is 0.0738. The fourth-order valence-electron chi connectivity index (χ4n) is 3.12. The first-order chi connectivity index (χ1) is 15.6. The Labute approximate surface area is 200 Å². The van der Waals surface area contributed by atoms with Crippen LogP contribution < -0.4 is 15.4 Å². The van der Waals surface area contributed by atoms with E-state index in [1.165, 1.54) is 18.2 Å². The topological polar surface area (TPSA) is 114 Å². The van der Waals surface area contributed by atoms with Crippen LogP contribution in [0.5, 0.6) is 0 Å². The van der Waals surface area contributed by atoms with Crippen LogP contribution in [0.2, 0.25) is 5.02 Å². The van der Waals surface area contributed by atoms with Crippen molar-refractivity contribution < 1.29 is 22.7 Å². The highest BCUT2D eigenvalue weighted by Crippen LogP contribution is 2.23. The summed E-state index contributed by atoms with van der Waals surface area (Å²) in [7, 11) is -3.95. The molecule has 0 fully saturated rings. The van der Waals surface area contributed by atoms with E-state index in [0.717, 1.165) is 5.56 Å². The Morgan fingerprint density at radius 1 is 1.09 bits per heavy atom. The minimum absolute atomic E-state index is 0.00812. The van der Waals surface area contributed by atoms with Gasteiger partial charge in [-0.1, -0.05) is 55.8 Å². The maximum absolute atomic E-state index is 12.8. The Balaban J connectivity index is 2.09. The van der Waals surface area contributed by atoms with Gasteiger partial charge in [0.05, 0.1) is 11.6 Å². The van der Waals surface area contributed by atoms with Crippen molar-refractivity contribution in [1.82, 2.24) is 15.4 Å². The van der Waals surface area contributed by atoms with Gasteiger partial charge in [0, 0.05) is 24.7 Å². The van der Waals surface area contributed by atoms with Gasteiger partial charge >= 0.3 is 6.09 Å². The summed E-state index contributed by atoms with van der Waals surface area (Å²) in [6.45, 7) is 6.20. The number of carbonyl (C=O) groups excluding carboxylic acids is 2. The van der Waals surface area contributed by atoms with Crippen LogP contribution in [-0.4, -0.2) is 39.6 Å². The van der Waals surface area contributed by atoms with E-state index in [-0.39, 0.29) is 47.1 Å². The van der Waals surface area contributed by atoms with Crippen LogP contribution in [0.25, 0.3) is 0 Å². The summed E-state index contributed by atoms with van der Waals surface area (Å²) in [6, 6.07) is 12.8. The van der Waals surface area contributed by atoms with E-state index in [4.69, 9.17) is 16.3 Å². The maximum Gasteiger partial charge on any atom is 0.407 e. The molecule has 0 aliphatic heterocycles. The zero-order valence-electron chi connectivity index (χ0n) is 18.9. The monoisotopic (exact) mass is 495 g/mol. The van der Waals surface area contributed by atoms with Gasteiger partial charge < -0.3 is 15.4 Å². The summed E-state index contributed by atoms with van der Waals surface area (Å²) < 4.78 is 33.0. The average molecular weight is 496 g/mol. The molecule has 2 rings (SSSR count). The van der Waals surface area contributed by atoms with Crippen LogP contribution in [0.15, 0.2) is 53.4 Å². The number of halogens is 1. The van der Waals surface area contributed by atoms with E-state index in [9.17, 15) is 18.0 Å². The molecule has 0 heterocycles. The second-order valence-corrected chi connectivity index (χ2v) is 10.00. The Morgan fingerprint density at radius 2 is 1.79 bits per heavy atom. The van der Waals surface area contributed by atoms with Gasteiger partial charge in [-0.15, -0.1) is 0 Å². The van der Waals surface area contributed by atoms with Gasteiger partial charge in [0.25, 0.3) is 5.91 Å². The second-order valence-electron chi connectivity index (χ2n) is 7.86. The third kappa shape index (κ3) is 8.68. The van der Waals surface area contributed by atoms with Crippen LogP contribution in [0, 0.1) is 5.92 Å². The molecule has 0 bridgehead atoms. The van der Waals surface area contributed by atoms with Gasteiger partial charge in [-0.25, -0.2) is 17.9 Å². The SMILES string of the molecule is CCOC(=O)NC(CNC(=O)c1ccc(Cl)c(S(=O)(=O)NCc2ccccc2)c1)CC(C)C. The summed E-state index contributed by atoms with van der Waals surface area (Å²) >= 11 is 6.13. The molecular weight excluding hydrogens is 466 g/mol. The predicted molar refractivity (Wildman–Crippen MR) is 128 cm³/mol. The number of hydrogen-bond donors (Lipinski definition) is 3. The van der Waals surface area contributed by atoms with Crippen LogP contribution in [0.3, 0.4) is 0 Å². The van der Waals surface area contributed by atoms with Crippen LogP contribution in [0.4, 0.5) is 4.79 Å².